The lowest BCUT2D eigenvalue weighted by Crippen LogP contribution is -2.38. The van der Waals surface area contributed by atoms with Gasteiger partial charge in [-0.3, -0.25) is 9.69 Å². The van der Waals surface area contributed by atoms with E-state index in [1.165, 1.54) is 0 Å². The lowest BCUT2D eigenvalue weighted by molar-refractivity contribution is 0.0928. The highest BCUT2D eigenvalue weighted by molar-refractivity contribution is 6.41. The molecule has 0 unspecified atom stereocenters. The standard InChI is InChI=1S/C24H27Cl2N5O3/c1-2-33-24-20(26)21(27)19(25)22(29-24)23(32)28-13-15-8-10-31(11-9-15)14-17-12-18(30-34-17)16-6-4-3-5-7-16/h3-7,12,15H,2,8-11,13-14H2,1H3,(H2,27,29)(H,28,32). The van der Waals surface area contributed by atoms with Gasteiger partial charge in [0.2, 0.25) is 5.88 Å². The maximum Gasteiger partial charge on any atom is 0.271 e. The van der Waals surface area contributed by atoms with Crippen LogP contribution in [0.1, 0.15) is 36.0 Å². The van der Waals surface area contributed by atoms with Gasteiger partial charge in [0.25, 0.3) is 5.91 Å². The van der Waals surface area contributed by atoms with E-state index in [1.54, 1.807) is 6.92 Å². The molecular formula is C24H27Cl2N5O3. The first-order valence-electron chi connectivity index (χ1n) is 11.2. The van der Waals surface area contributed by atoms with Crippen molar-refractivity contribution < 1.29 is 14.1 Å². The Hall–Kier alpha value is -2.81. The van der Waals surface area contributed by atoms with Crippen molar-refractivity contribution in [2.75, 3.05) is 32.0 Å². The number of likely N-dealkylation sites (tertiary alicyclic amines) is 1. The minimum absolute atomic E-state index is 0.0176. The molecule has 1 aliphatic heterocycles. The molecule has 1 aromatic carbocycles. The van der Waals surface area contributed by atoms with Crippen LogP contribution in [-0.2, 0) is 6.54 Å². The first kappa shape index (κ1) is 24.3. The van der Waals surface area contributed by atoms with E-state index in [-0.39, 0.29) is 27.3 Å². The number of benzene rings is 1. The van der Waals surface area contributed by atoms with Crippen LogP contribution in [0, 0.1) is 5.92 Å². The van der Waals surface area contributed by atoms with Gasteiger partial charge in [-0.2, -0.15) is 0 Å². The Balaban J connectivity index is 1.27. The van der Waals surface area contributed by atoms with Crippen molar-refractivity contribution in [1.82, 2.24) is 20.4 Å². The fourth-order valence-corrected chi connectivity index (χ4v) is 4.41. The van der Waals surface area contributed by atoms with Crippen LogP contribution >= 0.6 is 23.2 Å². The van der Waals surface area contributed by atoms with Crippen molar-refractivity contribution >= 4 is 34.8 Å². The van der Waals surface area contributed by atoms with Gasteiger partial charge in [0.15, 0.2) is 11.5 Å². The Morgan fingerprint density at radius 3 is 2.68 bits per heavy atom. The molecule has 0 radical (unpaired) electrons. The number of anilines is 1. The van der Waals surface area contributed by atoms with Gasteiger partial charge in [-0.1, -0.05) is 58.7 Å². The summed E-state index contributed by atoms with van der Waals surface area (Å²) in [7, 11) is 0. The Labute approximate surface area is 208 Å². The number of piperidine rings is 1. The second kappa shape index (κ2) is 11.1. The van der Waals surface area contributed by atoms with Crippen molar-refractivity contribution in [2.24, 2.45) is 5.92 Å². The van der Waals surface area contributed by atoms with Crippen LogP contribution < -0.4 is 15.8 Å². The number of ether oxygens (including phenoxy) is 1. The molecule has 3 heterocycles. The number of carbonyl (C=O) groups is 1. The summed E-state index contributed by atoms with van der Waals surface area (Å²) in [6.45, 7) is 5.18. The average molecular weight is 504 g/mol. The third kappa shape index (κ3) is 5.63. The van der Waals surface area contributed by atoms with Crippen LogP contribution in [0.25, 0.3) is 11.3 Å². The molecule has 4 rings (SSSR count). The average Bonchev–Trinajstić information content (AvgIpc) is 3.33. The van der Waals surface area contributed by atoms with Gasteiger partial charge < -0.3 is 20.3 Å². The molecule has 8 nitrogen and oxygen atoms in total. The third-order valence-electron chi connectivity index (χ3n) is 5.84. The van der Waals surface area contributed by atoms with E-state index in [0.717, 1.165) is 42.9 Å². The van der Waals surface area contributed by atoms with Crippen LogP contribution in [0.4, 0.5) is 5.69 Å². The summed E-state index contributed by atoms with van der Waals surface area (Å²) in [4.78, 5) is 19.2. The molecule has 1 saturated heterocycles. The summed E-state index contributed by atoms with van der Waals surface area (Å²) < 4.78 is 10.9. The van der Waals surface area contributed by atoms with E-state index in [0.29, 0.717) is 25.6 Å². The van der Waals surface area contributed by atoms with Crippen LogP contribution in [0.3, 0.4) is 0 Å². The Bertz CT molecular complexity index is 1130. The highest BCUT2D eigenvalue weighted by atomic mass is 35.5. The first-order valence-corrected chi connectivity index (χ1v) is 12.0. The Morgan fingerprint density at radius 2 is 1.97 bits per heavy atom. The maximum absolute atomic E-state index is 12.7. The highest BCUT2D eigenvalue weighted by Gasteiger charge is 2.24. The lowest BCUT2D eigenvalue weighted by atomic mass is 9.96. The van der Waals surface area contributed by atoms with Gasteiger partial charge in [0.05, 0.1) is 23.9 Å². The molecule has 0 saturated carbocycles. The second-order valence-corrected chi connectivity index (χ2v) is 8.97. The van der Waals surface area contributed by atoms with Crippen molar-refractivity contribution in [2.45, 2.75) is 26.3 Å². The van der Waals surface area contributed by atoms with Crippen molar-refractivity contribution in [1.29, 1.82) is 0 Å². The molecular weight excluding hydrogens is 477 g/mol. The van der Waals surface area contributed by atoms with Gasteiger partial charge in [0, 0.05) is 18.2 Å². The zero-order chi connectivity index (χ0) is 24.1. The fourth-order valence-electron chi connectivity index (χ4n) is 3.94. The van der Waals surface area contributed by atoms with E-state index in [1.807, 2.05) is 36.4 Å². The number of hydrogen-bond donors (Lipinski definition) is 2. The summed E-state index contributed by atoms with van der Waals surface area (Å²) in [6.07, 6.45) is 1.90. The van der Waals surface area contributed by atoms with Crippen LogP contribution in [0.2, 0.25) is 10.0 Å². The molecule has 0 aliphatic carbocycles. The largest absolute Gasteiger partial charge is 0.477 e. The summed E-state index contributed by atoms with van der Waals surface area (Å²) in [6, 6.07) is 12.0. The van der Waals surface area contributed by atoms with E-state index < -0.39 is 5.91 Å². The molecule has 34 heavy (non-hydrogen) atoms. The van der Waals surface area contributed by atoms with Crippen LogP contribution in [-0.4, -0.2) is 47.2 Å². The molecule has 3 N–H and O–H groups in total. The first-order chi connectivity index (χ1) is 16.5. The van der Waals surface area contributed by atoms with E-state index in [4.69, 9.17) is 38.2 Å². The van der Waals surface area contributed by atoms with E-state index >= 15 is 0 Å². The van der Waals surface area contributed by atoms with Crippen LogP contribution in [0.15, 0.2) is 40.9 Å². The summed E-state index contributed by atoms with van der Waals surface area (Å²) in [5, 5.41) is 7.25. The predicted octanol–water partition coefficient (Wildman–Crippen LogP) is 4.67. The quantitative estimate of drug-likeness (QED) is 0.459. The lowest BCUT2D eigenvalue weighted by Gasteiger charge is -2.31. The molecule has 10 heteroatoms. The Morgan fingerprint density at radius 1 is 1.24 bits per heavy atom. The van der Waals surface area contributed by atoms with E-state index in [2.05, 4.69) is 20.4 Å². The summed E-state index contributed by atoms with van der Waals surface area (Å²) in [5.74, 6) is 0.903. The topological polar surface area (TPSA) is 107 Å². The molecule has 0 atom stereocenters. The maximum atomic E-state index is 12.7. The molecule has 180 valence electrons. The number of nitrogens with zero attached hydrogens (tertiary/aromatic N) is 3. The van der Waals surface area contributed by atoms with Gasteiger partial charge >= 0.3 is 0 Å². The number of rotatable bonds is 8. The molecule has 3 aromatic rings. The molecule has 1 amide bonds. The monoisotopic (exact) mass is 503 g/mol. The summed E-state index contributed by atoms with van der Waals surface area (Å²) in [5.41, 5.74) is 7.91. The molecule has 1 fully saturated rings. The normalized spacial score (nSPS) is 14.8. The summed E-state index contributed by atoms with van der Waals surface area (Å²) >= 11 is 12.3. The van der Waals surface area contributed by atoms with Crippen molar-refractivity contribution in [3.63, 3.8) is 0 Å². The fraction of sp³-hybridized carbons (Fsp3) is 0.375. The van der Waals surface area contributed by atoms with Crippen molar-refractivity contribution in [3.05, 3.63) is 57.9 Å². The van der Waals surface area contributed by atoms with Crippen LogP contribution in [0.5, 0.6) is 5.88 Å². The Kier molecular flexibility index (Phi) is 7.92. The van der Waals surface area contributed by atoms with E-state index in [9.17, 15) is 4.79 Å². The van der Waals surface area contributed by atoms with Gasteiger partial charge in [0.1, 0.15) is 10.7 Å². The zero-order valence-corrected chi connectivity index (χ0v) is 20.4. The number of aromatic nitrogens is 2. The van der Waals surface area contributed by atoms with Gasteiger partial charge in [-0.25, -0.2) is 4.98 Å². The van der Waals surface area contributed by atoms with Gasteiger partial charge in [-0.05, 0) is 38.8 Å². The van der Waals surface area contributed by atoms with Gasteiger partial charge in [-0.15, -0.1) is 0 Å². The number of amides is 1. The number of carbonyl (C=O) groups excluding carboxylic acids is 1. The number of hydrogen-bond acceptors (Lipinski definition) is 7. The smallest absolute Gasteiger partial charge is 0.271 e. The minimum Gasteiger partial charge on any atom is -0.477 e. The number of nitrogens with one attached hydrogen (secondary N) is 1. The number of halogens is 2. The third-order valence-corrected chi connectivity index (χ3v) is 6.59. The zero-order valence-electron chi connectivity index (χ0n) is 18.9. The number of nitrogens with two attached hydrogens (primary N) is 1. The molecule has 0 spiro atoms. The highest BCUT2D eigenvalue weighted by Crippen LogP contribution is 2.36. The number of nitrogen functional groups attached to an aromatic ring is 1. The second-order valence-electron chi connectivity index (χ2n) is 8.21. The number of pyridine rings is 1. The minimum atomic E-state index is -0.396. The predicted molar refractivity (Wildman–Crippen MR) is 132 cm³/mol. The van der Waals surface area contributed by atoms with Crippen molar-refractivity contribution in [3.8, 4) is 17.1 Å². The molecule has 1 aliphatic rings. The molecule has 0 bridgehead atoms. The SMILES string of the molecule is CCOc1nc(C(=O)NCC2CCN(Cc3cc(-c4ccccc4)no3)CC2)c(Cl)c(N)c1Cl. The molecule has 2 aromatic heterocycles.